The Morgan fingerprint density at radius 1 is 1.20 bits per heavy atom. The third kappa shape index (κ3) is 6.91. The average molecular weight is 214 g/mol. The molecule has 15 heavy (non-hydrogen) atoms. The van der Waals surface area contributed by atoms with Gasteiger partial charge in [0, 0.05) is 19.1 Å². The van der Waals surface area contributed by atoms with Gasteiger partial charge in [-0.3, -0.25) is 4.90 Å². The van der Waals surface area contributed by atoms with Crippen molar-refractivity contribution in [2.24, 2.45) is 17.1 Å². The SMILES string of the molecule is CCN(CC(C)C)C(CN)CC(C)(C)C. The molecule has 0 rings (SSSR count). The highest BCUT2D eigenvalue weighted by atomic mass is 15.2. The standard InChI is InChI=1S/C13H30N2/c1-7-15(10-11(2)3)12(9-14)8-13(4,5)6/h11-12H,7-10,14H2,1-6H3. The fourth-order valence-electron chi connectivity index (χ4n) is 2.07. The Bertz CT molecular complexity index is 158. The molecule has 0 amide bonds. The third-order valence-electron chi connectivity index (χ3n) is 2.64. The van der Waals surface area contributed by atoms with Crippen molar-refractivity contribution in [2.75, 3.05) is 19.6 Å². The average Bonchev–Trinajstić information content (AvgIpc) is 2.08. The minimum absolute atomic E-state index is 0.369. The van der Waals surface area contributed by atoms with Gasteiger partial charge in [0.2, 0.25) is 0 Å². The Kier molecular flexibility index (Phi) is 6.46. The molecule has 0 aromatic rings. The van der Waals surface area contributed by atoms with Crippen molar-refractivity contribution >= 4 is 0 Å². The van der Waals surface area contributed by atoms with Crippen LogP contribution in [0, 0.1) is 11.3 Å². The molecule has 0 heterocycles. The highest BCUT2D eigenvalue weighted by molar-refractivity contribution is 4.78. The Labute approximate surface area is 96.2 Å². The lowest BCUT2D eigenvalue weighted by atomic mass is 9.87. The van der Waals surface area contributed by atoms with Crippen LogP contribution in [0.4, 0.5) is 0 Å². The summed E-state index contributed by atoms with van der Waals surface area (Å²) in [7, 11) is 0. The topological polar surface area (TPSA) is 29.3 Å². The largest absolute Gasteiger partial charge is 0.329 e. The summed E-state index contributed by atoms with van der Waals surface area (Å²) in [5.74, 6) is 0.721. The second kappa shape index (κ2) is 6.49. The zero-order valence-electron chi connectivity index (χ0n) is 11.5. The second-order valence-electron chi connectivity index (χ2n) is 6.14. The van der Waals surface area contributed by atoms with E-state index in [2.05, 4.69) is 46.4 Å². The molecular weight excluding hydrogens is 184 g/mol. The smallest absolute Gasteiger partial charge is 0.0223 e. The summed E-state index contributed by atoms with van der Waals surface area (Å²) in [4.78, 5) is 2.52. The van der Waals surface area contributed by atoms with Gasteiger partial charge >= 0.3 is 0 Å². The molecule has 0 spiro atoms. The number of hydrogen-bond acceptors (Lipinski definition) is 2. The van der Waals surface area contributed by atoms with Gasteiger partial charge in [0.15, 0.2) is 0 Å². The highest BCUT2D eigenvalue weighted by Crippen LogP contribution is 2.23. The molecule has 0 aliphatic rings. The van der Waals surface area contributed by atoms with E-state index in [1.807, 2.05) is 0 Å². The number of hydrogen-bond donors (Lipinski definition) is 1. The van der Waals surface area contributed by atoms with Crippen LogP contribution < -0.4 is 5.73 Å². The van der Waals surface area contributed by atoms with Gasteiger partial charge in [-0.25, -0.2) is 0 Å². The summed E-state index contributed by atoms with van der Waals surface area (Å²) < 4.78 is 0. The fraction of sp³-hybridized carbons (Fsp3) is 1.00. The van der Waals surface area contributed by atoms with Crippen LogP contribution in [0.3, 0.4) is 0 Å². The fourth-order valence-corrected chi connectivity index (χ4v) is 2.07. The van der Waals surface area contributed by atoms with Crippen LogP contribution in [0.5, 0.6) is 0 Å². The molecule has 0 aromatic heterocycles. The third-order valence-corrected chi connectivity index (χ3v) is 2.64. The molecule has 0 bridgehead atoms. The lowest BCUT2D eigenvalue weighted by Crippen LogP contribution is -2.44. The number of likely N-dealkylation sites (N-methyl/N-ethyl adjacent to an activating group) is 1. The molecule has 1 unspecified atom stereocenters. The highest BCUT2D eigenvalue weighted by Gasteiger charge is 2.22. The van der Waals surface area contributed by atoms with Crippen molar-refractivity contribution < 1.29 is 0 Å². The molecule has 0 radical (unpaired) electrons. The van der Waals surface area contributed by atoms with Crippen molar-refractivity contribution in [1.82, 2.24) is 4.90 Å². The van der Waals surface area contributed by atoms with Gasteiger partial charge in [-0.2, -0.15) is 0 Å². The van der Waals surface area contributed by atoms with Crippen LogP contribution in [0.15, 0.2) is 0 Å². The van der Waals surface area contributed by atoms with Gasteiger partial charge < -0.3 is 5.73 Å². The summed E-state index contributed by atoms with van der Waals surface area (Å²) in [5, 5.41) is 0. The minimum Gasteiger partial charge on any atom is -0.329 e. The van der Waals surface area contributed by atoms with E-state index in [4.69, 9.17) is 5.73 Å². The predicted octanol–water partition coefficient (Wildman–Crippen LogP) is 2.73. The van der Waals surface area contributed by atoms with Crippen molar-refractivity contribution in [3.05, 3.63) is 0 Å². The monoisotopic (exact) mass is 214 g/mol. The Balaban J connectivity index is 4.33. The Hall–Kier alpha value is -0.0800. The van der Waals surface area contributed by atoms with E-state index in [-0.39, 0.29) is 0 Å². The summed E-state index contributed by atoms with van der Waals surface area (Å²) in [6.45, 7) is 16.7. The van der Waals surface area contributed by atoms with E-state index in [1.165, 1.54) is 6.42 Å². The first-order valence-corrected chi connectivity index (χ1v) is 6.24. The first-order chi connectivity index (χ1) is 6.80. The molecule has 0 fully saturated rings. The molecule has 2 heteroatoms. The van der Waals surface area contributed by atoms with E-state index in [1.54, 1.807) is 0 Å². The lowest BCUT2D eigenvalue weighted by molar-refractivity contribution is 0.144. The first-order valence-electron chi connectivity index (χ1n) is 6.24. The van der Waals surface area contributed by atoms with E-state index in [0.29, 0.717) is 11.5 Å². The van der Waals surface area contributed by atoms with Crippen LogP contribution in [0.2, 0.25) is 0 Å². The molecule has 2 N–H and O–H groups in total. The minimum atomic E-state index is 0.369. The van der Waals surface area contributed by atoms with Crippen LogP contribution >= 0.6 is 0 Å². The normalized spacial score (nSPS) is 15.0. The van der Waals surface area contributed by atoms with Gasteiger partial charge in [0.1, 0.15) is 0 Å². The van der Waals surface area contributed by atoms with Crippen LogP contribution in [0.1, 0.15) is 48.0 Å². The number of nitrogens with zero attached hydrogens (tertiary/aromatic N) is 1. The van der Waals surface area contributed by atoms with Crippen molar-refractivity contribution in [3.8, 4) is 0 Å². The van der Waals surface area contributed by atoms with E-state index in [0.717, 1.165) is 25.6 Å². The Morgan fingerprint density at radius 3 is 2.00 bits per heavy atom. The van der Waals surface area contributed by atoms with Crippen LogP contribution in [-0.4, -0.2) is 30.6 Å². The predicted molar refractivity (Wildman–Crippen MR) is 69.0 cm³/mol. The second-order valence-corrected chi connectivity index (χ2v) is 6.14. The summed E-state index contributed by atoms with van der Waals surface area (Å²) >= 11 is 0. The summed E-state index contributed by atoms with van der Waals surface area (Å²) in [6.07, 6.45) is 1.18. The van der Waals surface area contributed by atoms with Crippen LogP contribution in [0.25, 0.3) is 0 Å². The van der Waals surface area contributed by atoms with Crippen molar-refractivity contribution in [2.45, 2.75) is 54.0 Å². The van der Waals surface area contributed by atoms with Crippen molar-refractivity contribution in [3.63, 3.8) is 0 Å². The summed E-state index contributed by atoms with van der Waals surface area (Å²) in [6, 6.07) is 0.539. The molecular formula is C13H30N2. The quantitative estimate of drug-likeness (QED) is 0.736. The van der Waals surface area contributed by atoms with E-state index in [9.17, 15) is 0 Å². The molecule has 0 aromatic carbocycles. The molecule has 0 aliphatic heterocycles. The van der Waals surface area contributed by atoms with E-state index >= 15 is 0 Å². The van der Waals surface area contributed by atoms with Crippen LogP contribution in [-0.2, 0) is 0 Å². The maximum atomic E-state index is 5.89. The van der Waals surface area contributed by atoms with Crippen molar-refractivity contribution in [1.29, 1.82) is 0 Å². The first kappa shape index (κ1) is 14.9. The van der Waals surface area contributed by atoms with Gasteiger partial charge in [-0.15, -0.1) is 0 Å². The molecule has 92 valence electrons. The maximum Gasteiger partial charge on any atom is 0.0223 e. The zero-order valence-corrected chi connectivity index (χ0v) is 11.5. The molecule has 1 atom stereocenters. The lowest BCUT2D eigenvalue weighted by Gasteiger charge is -2.35. The molecule has 0 aliphatic carbocycles. The molecule has 2 nitrogen and oxygen atoms in total. The number of nitrogens with two attached hydrogens (primary N) is 1. The Morgan fingerprint density at radius 2 is 1.73 bits per heavy atom. The van der Waals surface area contributed by atoms with Gasteiger partial charge in [0.25, 0.3) is 0 Å². The van der Waals surface area contributed by atoms with E-state index < -0.39 is 0 Å². The number of rotatable bonds is 6. The van der Waals surface area contributed by atoms with Gasteiger partial charge in [-0.05, 0) is 24.3 Å². The zero-order chi connectivity index (χ0) is 12.1. The maximum absolute atomic E-state index is 5.89. The molecule has 0 saturated heterocycles. The summed E-state index contributed by atoms with van der Waals surface area (Å²) in [5.41, 5.74) is 6.26. The molecule has 0 saturated carbocycles. The van der Waals surface area contributed by atoms with Gasteiger partial charge in [-0.1, -0.05) is 41.5 Å². The van der Waals surface area contributed by atoms with Gasteiger partial charge in [0.05, 0.1) is 0 Å².